The molecule has 2 amide bonds. The van der Waals surface area contributed by atoms with Gasteiger partial charge in [-0.15, -0.1) is 0 Å². The molecule has 1 aliphatic heterocycles. The van der Waals surface area contributed by atoms with Crippen molar-refractivity contribution in [3.63, 3.8) is 0 Å². The van der Waals surface area contributed by atoms with Gasteiger partial charge in [-0.25, -0.2) is 4.79 Å². The van der Waals surface area contributed by atoms with E-state index in [0.29, 0.717) is 17.9 Å². The van der Waals surface area contributed by atoms with Crippen molar-refractivity contribution in [3.05, 3.63) is 48.5 Å². The number of fused-ring (bicyclic) bond motifs is 1. The van der Waals surface area contributed by atoms with Crippen molar-refractivity contribution in [2.75, 3.05) is 16.3 Å². The Bertz CT molecular complexity index is 1090. The van der Waals surface area contributed by atoms with E-state index in [1.807, 2.05) is 37.0 Å². The second-order valence-corrected chi connectivity index (χ2v) is 7.21. The van der Waals surface area contributed by atoms with E-state index in [9.17, 15) is 14.7 Å². The number of hydrogen-bond acceptors (Lipinski definition) is 4. The van der Waals surface area contributed by atoms with Crippen molar-refractivity contribution in [2.24, 2.45) is 7.05 Å². The minimum atomic E-state index is -1.04. The molecular formula is C20H22N6O3. The van der Waals surface area contributed by atoms with E-state index in [2.05, 4.69) is 10.2 Å². The molecule has 2 aromatic heterocycles. The molecule has 0 unspecified atom stereocenters. The summed E-state index contributed by atoms with van der Waals surface area (Å²) in [5.74, 6) is -0.111. The van der Waals surface area contributed by atoms with Crippen LogP contribution in [0.2, 0.25) is 0 Å². The van der Waals surface area contributed by atoms with Crippen LogP contribution in [0, 0.1) is 0 Å². The average molecular weight is 394 g/mol. The number of carbonyl (C=O) groups excluding carboxylic acids is 1. The van der Waals surface area contributed by atoms with Gasteiger partial charge < -0.3 is 10.0 Å². The lowest BCUT2D eigenvalue weighted by atomic mass is 10.0. The van der Waals surface area contributed by atoms with Gasteiger partial charge >= 0.3 is 6.09 Å². The average Bonchev–Trinajstić information content (AvgIpc) is 3.30. The summed E-state index contributed by atoms with van der Waals surface area (Å²) >= 11 is 0. The maximum atomic E-state index is 12.1. The minimum Gasteiger partial charge on any atom is -0.465 e. The summed E-state index contributed by atoms with van der Waals surface area (Å²) in [7, 11) is 1.88. The lowest BCUT2D eigenvalue weighted by molar-refractivity contribution is -0.117. The topological polar surface area (TPSA) is 96.5 Å². The van der Waals surface area contributed by atoms with Gasteiger partial charge in [0.25, 0.3) is 0 Å². The molecule has 1 aliphatic rings. The van der Waals surface area contributed by atoms with E-state index in [-0.39, 0.29) is 18.5 Å². The third kappa shape index (κ3) is 3.35. The highest BCUT2D eigenvalue weighted by Crippen LogP contribution is 2.38. The van der Waals surface area contributed by atoms with Gasteiger partial charge in [-0.3, -0.25) is 19.1 Å². The first kappa shape index (κ1) is 18.7. The fraction of sp³-hybridized carbons (Fsp3) is 0.300. The second-order valence-electron chi connectivity index (χ2n) is 7.21. The standard InChI is InChI=1S/C20H22N6O3/c1-13-10-25(20(28)29)19-8-15(4-5-18(19)26(13)14(2)27)16-9-22-24(11-16)12-17-6-7-21-23(17)3/h4-9,11,13H,10,12H2,1-3H3,(H,28,29)/t13-/m0/s1. The molecule has 1 atom stereocenters. The van der Waals surface area contributed by atoms with Crippen molar-refractivity contribution < 1.29 is 14.7 Å². The van der Waals surface area contributed by atoms with Gasteiger partial charge in [-0.2, -0.15) is 10.2 Å². The number of hydrogen-bond donors (Lipinski definition) is 1. The molecule has 3 heterocycles. The van der Waals surface area contributed by atoms with Crippen molar-refractivity contribution in [1.29, 1.82) is 0 Å². The number of anilines is 2. The van der Waals surface area contributed by atoms with Crippen molar-refractivity contribution >= 4 is 23.4 Å². The number of aryl methyl sites for hydroxylation is 1. The van der Waals surface area contributed by atoms with Crippen LogP contribution >= 0.6 is 0 Å². The number of benzene rings is 1. The predicted octanol–water partition coefficient (Wildman–Crippen LogP) is 2.57. The molecule has 0 saturated carbocycles. The van der Waals surface area contributed by atoms with Gasteiger partial charge in [0.1, 0.15) is 0 Å². The Hall–Kier alpha value is -3.62. The lowest BCUT2D eigenvalue weighted by Gasteiger charge is -2.39. The summed E-state index contributed by atoms with van der Waals surface area (Å²) in [4.78, 5) is 26.9. The second kappa shape index (κ2) is 7.08. The van der Waals surface area contributed by atoms with Gasteiger partial charge in [0, 0.05) is 38.5 Å². The summed E-state index contributed by atoms with van der Waals surface area (Å²) in [6.45, 7) is 4.15. The van der Waals surface area contributed by atoms with E-state index in [4.69, 9.17) is 0 Å². The summed E-state index contributed by atoms with van der Waals surface area (Å²) < 4.78 is 3.60. The third-order valence-corrected chi connectivity index (χ3v) is 5.20. The molecule has 0 aliphatic carbocycles. The van der Waals surface area contributed by atoms with E-state index >= 15 is 0 Å². The largest absolute Gasteiger partial charge is 0.465 e. The molecule has 0 spiro atoms. The van der Waals surface area contributed by atoms with Gasteiger partial charge in [0.05, 0.1) is 35.9 Å². The summed E-state index contributed by atoms with van der Waals surface area (Å²) in [6.07, 6.45) is 4.36. The zero-order valence-corrected chi connectivity index (χ0v) is 16.5. The third-order valence-electron chi connectivity index (χ3n) is 5.20. The number of amides is 2. The summed E-state index contributed by atoms with van der Waals surface area (Å²) in [5, 5.41) is 18.2. The predicted molar refractivity (Wildman–Crippen MR) is 108 cm³/mol. The molecule has 29 heavy (non-hydrogen) atoms. The smallest absolute Gasteiger partial charge is 0.411 e. The molecule has 150 valence electrons. The van der Waals surface area contributed by atoms with Crippen LogP contribution in [0.25, 0.3) is 11.1 Å². The van der Waals surface area contributed by atoms with Gasteiger partial charge in [-0.1, -0.05) is 6.07 Å². The quantitative estimate of drug-likeness (QED) is 0.736. The van der Waals surface area contributed by atoms with Crippen molar-refractivity contribution in [2.45, 2.75) is 26.4 Å². The van der Waals surface area contributed by atoms with Crippen LogP contribution in [0.15, 0.2) is 42.9 Å². The molecule has 0 radical (unpaired) electrons. The molecule has 0 fully saturated rings. The van der Waals surface area contributed by atoms with Gasteiger partial charge in [-0.05, 0) is 30.7 Å². The fourth-order valence-corrected chi connectivity index (χ4v) is 3.79. The number of nitrogens with zero attached hydrogens (tertiary/aromatic N) is 6. The number of aromatic nitrogens is 4. The molecule has 1 N–H and O–H groups in total. The Morgan fingerprint density at radius 3 is 2.62 bits per heavy atom. The summed E-state index contributed by atoms with van der Waals surface area (Å²) in [6, 6.07) is 7.19. The lowest BCUT2D eigenvalue weighted by Crippen LogP contribution is -2.51. The maximum Gasteiger partial charge on any atom is 0.411 e. The number of carboxylic acid groups (broad SMARTS) is 1. The number of rotatable bonds is 3. The Balaban J connectivity index is 1.70. The molecule has 0 saturated heterocycles. The number of carbonyl (C=O) groups is 2. The van der Waals surface area contributed by atoms with Crippen molar-refractivity contribution in [1.82, 2.24) is 19.6 Å². The molecule has 1 aromatic carbocycles. The van der Waals surface area contributed by atoms with Crippen LogP contribution in [0.1, 0.15) is 19.5 Å². The first-order valence-electron chi connectivity index (χ1n) is 9.29. The first-order valence-corrected chi connectivity index (χ1v) is 9.29. The Labute approximate surface area is 167 Å². The molecule has 3 aromatic rings. The van der Waals surface area contributed by atoms with E-state index < -0.39 is 6.09 Å². The molecule has 0 bridgehead atoms. The van der Waals surface area contributed by atoms with Crippen LogP contribution in [0.4, 0.5) is 16.2 Å². The van der Waals surface area contributed by atoms with Crippen LogP contribution in [-0.4, -0.2) is 49.3 Å². The maximum absolute atomic E-state index is 12.1. The van der Waals surface area contributed by atoms with Crippen LogP contribution in [0.5, 0.6) is 0 Å². The molecular weight excluding hydrogens is 372 g/mol. The van der Waals surface area contributed by atoms with Gasteiger partial charge in [0.2, 0.25) is 5.91 Å². The first-order chi connectivity index (χ1) is 13.8. The zero-order chi connectivity index (χ0) is 20.7. The SMILES string of the molecule is CC(=O)N1c2ccc(-c3cnn(Cc4ccnn4C)c3)cc2N(C(=O)O)C[C@@H]1C. The zero-order valence-electron chi connectivity index (χ0n) is 16.5. The summed E-state index contributed by atoms with van der Waals surface area (Å²) in [5.41, 5.74) is 3.83. The normalized spacial score (nSPS) is 16.0. The minimum absolute atomic E-state index is 0.111. The van der Waals surface area contributed by atoms with Crippen LogP contribution < -0.4 is 9.80 Å². The van der Waals surface area contributed by atoms with Crippen LogP contribution in [-0.2, 0) is 18.4 Å². The van der Waals surface area contributed by atoms with Crippen LogP contribution in [0.3, 0.4) is 0 Å². The fourth-order valence-electron chi connectivity index (χ4n) is 3.79. The Morgan fingerprint density at radius 1 is 1.17 bits per heavy atom. The highest BCUT2D eigenvalue weighted by molar-refractivity contribution is 6.02. The van der Waals surface area contributed by atoms with E-state index in [1.165, 1.54) is 11.8 Å². The Morgan fingerprint density at radius 2 is 1.97 bits per heavy atom. The van der Waals surface area contributed by atoms with Gasteiger partial charge in [0.15, 0.2) is 0 Å². The highest BCUT2D eigenvalue weighted by Gasteiger charge is 2.33. The van der Waals surface area contributed by atoms with E-state index in [1.54, 1.807) is 34.1 Å². The molecule has 9 heteroatoms. The monoisotopic (exact) mass is 394 g/mol. The molecule has 4 rings (SSSR count). The van der Waals surface area contributed by atoms with E-state index in [0.717, 1.165) is 16.8 Å². The van der Waals surface area contributed by atoms with Crippen molar-refractivity contribution in [3.8, 4) is 11.1 Å². The Kier molecular flexibility index (Phi) is 4.57. The highest BCUT2D eigenvalue weighted by atomic mass is 16.4. The molecule has 9 nitrogen and oxygen atoms in total.